The number of carbonyl (C=O) groups excluding carboxylic acids is 1. The van der Waals surface area contributed by atoms with Gasteiger partial charge >= 0.3 is 0 Å². The molecule has 1 amide bonds. The van der Waals surface area contributed by atoms with Crippen LogP contribution in [0.25, 0.3) is 0 Å². The Bertz CT molecular complexity index is 648. The molecule has 0 aliphatic carbocycles. The number of aliphatic hydroxyl groups is 1. The van der Waals surface area contributed by atoms with Gasteiger partial charge in [-0.3, -0.25) is 4.79 Å². The summed E-state index contributed by atoms with van der Waals surface area (Å²) in [5.41, 5.74) is 3.04. The van der Waals surface area contributed by atoms with E-state index in [9.17, 15) is 9.90 Å². The fraction of sp³-hybridized carbons (Fsp3) is 0.350. The molecule has 1 unspecified atom stereocenters. The summed E-state index contributed by atoms with van der Waals surface area (Å²) in [5.74, 6) is 0.798. The van der Waals surface area contributed by atoms with Gasteiger partial charge < -0.3 is 15.2 Å². The van der Waals surface area contributed by atoms with Crippen molar-refractivity contribution in [3.05, 3.63) is 71.3 Å². The van der Waals surface area contributed by atoms with Crippen LogP contribution >= 0.6 is 11.8 Å². The molecule has 2 rings (SSSR count). The van der Waals surface area contributed by atoms with Crippen LogP contribution in [0.5, 0.6) is 0 Å². The summed E-state index contributed by atoms with van der Waals surface area (Å²) < 4.78 is 5.46. The van der Waals surface area contributed by atoms with Gasteiger partial charge in [-0.25, -0.2) is 0 Å². The van der Waals surface area contributed by atoms with Crippen molar-refractivity contribution >= 4 is 17.7 Å². The number of thioether (sulfide) groups is 1. The highest BCUT2D eigenvalue weighted by atomic mass is 32.2. The second-order valence-corrected chi connectivity index (χ2v) is 6.65. The van der Waals surface area contributed by atoms with Crippen molar-refractivity contribution in [2.24, 2.45) is 0 Å². The lowest BCUT2D eigenvalue weighted by molar-refractivity contribution is -0.118. The van der Waals surface area contributed by atoms with Crippen molar-refractivity contribution in [1.82, 2.24) is 5.32 Å². The molecule has 2 N–H and O–H groups in total. The molecule has 134 valence electrons. The van der Waals surface area contributed by atoms with Crippen LogP contribution in [0.2, 0.25) is 0 Å². The Hall–Kier alpha value is -1.82. The molecule has 2 aromatic carbocycles. The van der Waals surface area contributed by atoms with Gasteiger partial charge in [0.25, 0.3) is 0 Å². The second-order valence-electron chi connectivity index (χ2n) is 5.62. The highest BCUT2D eigenvalue weighted by Crippen LogP contribution is 2.17. The first-order chi connectivity index (χ1) is 12.2. The molecule has 1 atom stereocenters. The summed E-state index contributed by atoms with van der Waals surface area (Å²) in [6.07, 6.45) is -0.550. The maximum atomic E-state index is 12.0. The largest absolute Gasteiger partial charge is 0.388 e. The average Bonchev–Trinajstić information content (AvgIpc) is 2.66. The van der Waals surface area contributed by atoms with E-state index in [0.29, 0.717) is 31.3 Å². The van der Waals surface area contributed by atoms with Crippen molar-refractivity contribution in [2.75, 3.05) is 18.1 Å². The summed E-state index contributed by atoms with van der Waals surface area (Å²) in [7, 11) is 0. The van der Waals surface area contributed by atoms with E-state index in [1.807, 2.05) is 61.5 Å². The van der Waals surface area contributed by atoms with E-state index in [0.717, 1.165) is 16.7 Å². The number of carbonyl (C=O) groups is 1. The van der Waals surface area contributed by atoms with Gasteiger partial charge in [0.05, 0.1) is 18.5 Å². The number of nitrogens with one attached hydrogen (secondary N) is 1. The SMILES string of the molecule is CCOCc1ccccc1CNC(=O)CSCC(O)c1ccccc1. The van der Waals surface area contributed by atoms with Crippen LogP contribution in [-0.2, 0) is 22.7 Å². The number of amides is 1. The predicted molar refractivity (Wildman–Crippen MR) is 102 cm³/mol. The van der Waals surface area contributed by atoms with Gasteiger partial charge in [0.1, 0.15) is 0 Å². The summed E-state index contributed by atoms with van der Waals surface area (Å²) in [6, 6.07) is 17.4. The van der Waals surface area contributed by atoms with E-state index in [1.165, 1.54) is 11.8 Å². The molecule has 2 aromatic rings. The molecular formula is C20H25NO3S. The Morgan fingerprint density at radius 2 is 1.80 bits per heavy atom. The van der Waals surface area contributed by atoms with Crippen LogP contribution in [-0.4, -0.2) is 29.1 Å². The Morgan fingerprint density at radius 1 is 1.12 bits per heavy atom. The van der Waals surface area contributed by atoms with Crippen LogP contribution in [0.15, 0.2) is 54.6 Å². The van der Waals surface area contributed by atoms with Gasteiger partial charge in [0, 0.05) is 18.9 Å². The number of hydrogen-bond donors (Lipinski definition) is 2. The fourth-order valence-electron chi connectivity index (χ4n) is 2.36. The van der Waals surface area contributed by atoms with Gasteiger partial charge in [-0.15, -0.1) is 11.8 Å². The molecule has 0 saturated carbocycles. The molecule has 5 heteroatoms. The Balaban J connectivity index is 1.72. The molecule has 0 fully saturated rings. The molecule has 0 aliphatic rings. The third-order valence-corrected chi connectivity index (χ3v) is 4.77. The van der Waals surface area contributed by atoms with Crippen LogP contribution in [0.3, 0.4) is 0 Å². The molecule has 0 saturated heterocycles. The number of aliphatic hydroxyl groups excluding tert-OH is 1. The van der Waals surface area contributed by atoms with E-state index < -0.39 is 6.10 Å². The summed E-state index contributed by atoms with van der Waals surface area (Å²) in [5, 5.41) is 13.0. The number of hydrogen-bond acceptors (Lipinski definition) is 4. The lowest BCUT2D eigenvalue weighted by atomic mass is 10.1. The van der Waals surface area contributed by atoms with Crippen LogP contribution in [0.1, 0.15) is 29.7 Å². The van der Waals surface area contributed by atoms with Gasteiger partial charge in [-0.1, -0.05) is 54.6 Å². The van der Waals surface area contributed by atoms with E-state index in [-0.39, 0.29) is 5.91 Å². The monoisotopic (exact) mass is 359 g/mol. The van der Waals surface area contributed by atoms with E-state index in [4.69, 9.17) is 4.74 Å². The third kappa shape index (κ3) is 6.90. The van der Waals surface area contributed by atoms with Crippen molar-refractivity contribution in [1.29, 1.82) is 0 Å². The van der Waals surface area contributed by atoms with Crippen LogP contribution in [0.4, 0.5) is 0 Å². The lowest BCUT2D eigenvalue weighted by Gasteiger charge is -2.12. The normalized spacial score (nSPS) is 11.9. The quantitative estimate of drug-likeness (QED) is 0.683. The number of rotatable bonds is 10. The summed E-state index contributed by atoms with van der Waals surface area (Å²) >= 11 is 1.43. The first kappa shape index (κ1) is 19.5. The van der Waals surface area contributed by atoms with Gasteiger partial charge in [0.2, 0.25) is 5.91 Å². The maximum Gasteiger partial charge on any atom is 0.230 e. The molecule has 0 aromatic heterocycles. The van der Waals surface area contributed by atoms with Gasteiger partial charge in [-0.05, 0) is 23.6 Å². The van der Waals surface area contributed by atoms with Crippen molar-refractivity contribution in [3.63, 3.8) is 0 Å². The van der Waals surface area contributed by atoms with E-state index in [2.05, 4.69) is 5.32 Å². The minimum absolute atomic E-state index is 0.0310. The molecule has 0 bridgehead atoms. The Kier molecular flexibility index (Phi) is 8.52. The highest BCUT2D eigenvalue weighted by Gasteiger charge is 2.09. The topological polar surface area (TPSA) is 58.6 Å². The predicted octanol–water partition coefficient (Wildman–Crippen LogP) is 3.31. The summed E-state index contributed by atoms with van der Waals surface area (Å²) in [6.45, 7) is 3.68. The number of benzene rings is 2. The maximum absolute atomic E-state index is 12.0. The second kappa shape index (κ2) is 10.9. The fourth-order valence-corrected chi connectivity index (χ4v) is 3.18. The van der Waals surface area contributed by atoms with E-state index >= 15 is 0 Å². The average molecular weight is 359 g/mol. The molecular weight excluding hydrogens is 334 g/mol. The first-order valence-electron chi connectivity index (χ1n) is 8.42. The molecule has 25 heavy (non-hydrogen) atoms. The molecule has 0 spiro atoms. The Morgan fingerprint density at radius 3 is 2.52 bits per heavy atom. The van der Waals surface area contributed by atoms with Crippen molar-refractivity contribution in [3.8, 4) is 0 Å². The lowest BCUT2D eigenvalue weighted by Crippen LogP contribution is -2.25. The van der Waals surface area contributed by atoms with Crippen molar-refractivity contribution in [2.45, 2.75) is 26.2 Å². The first-order valence-corrected chi connectivity index (χ1v) is 9.58. The van der Waals surface area contributed by atoms with E-state index in [1.54, 1.807) is 0 Å². The minimum atomic E-state index is -0.550. The highest BCUT2D eigenvalue weighted by molar-refractivity contribution is 7.99. The van der Waals surface area contributed by atoms with Gasteiger partial charge in [0.15, 0.2) is 0 Å². The van der Waals surface area contributed by atoms with Crippen molar-refractivity contribution < 1.29 is 14.6 Å². The third-order valence-electron chi connectivity index (χ3n) is 3.75. The van der Waals surface area contributed by atoms with Gasteiger partial charge in [-0.2, -0.15) is 0 Å². The molecule has 0 radical (unpaired) electrons. The molecule has 0 heterocycles. The molecule has 4 nitrogen and oxygen atoms in total. The Labute approximate surface area is 153 Å². The van der Waals surface area contributed by atoms with Crippen LogP contribution in [0, 0.1) is 0 Å². The zero-order chi connectivity index (χ0) is 17.9. The zero-order valence-corrected chi connectivity index (χ0v) is 15.3. The zero-order valence-electron chi connectivity index (χ0n) is 14.5. The summed E-state index contributed by atoms with van der Waals surface area (Å²) in [4.78, 5) is 12.0. The molecule has 0 aliphatic heterocycles. The van der Waals surface area contributed by atoms with Crippen LogP contribution < -0.4 is 5.32 Å². The minimum Gasteiger partial charge on any atom is -0.388 e. The standard InChI is InChI=1S/C20H25NO3S/c1-2-24-13-18-11-7-6-10-17(18)12-21-20(23)15-25-14-19(22)16-8-4-3-5-9-16/h3-11,19,22H,2,12-15H2,1H3,(H,21,23). The number of ether oxygens (including phenoxy) is 1. The smallest absolute Gasteiger partial charge is 0.230 e.